The van der Waals surface area contributed by atoms with Gasteiger partial charge < -0.3 is 14.6 Å². The van der Waals surface area contributed by atoms with Gasteiger partial charge in [0, 0.05) is 18.0 Å². The van der Waals surface area contributed by atoms with Gasteiger partial charge in [0.1, 0.15) is 5.76 Å². The van der Waals surface area contributed by atoms with Crippen LogP contribution < -0.4 is 5.32 Å². The number of hydrogen-bond donors (Lipinski definition) is 1. The number of nitrogens with zero attached hydrogens (tertiary/aromatic N) is 3. The fraction of sp³-hybridized carbons (Fsp3) is 0.235. The molecular formula is C17H14Cl2N4O2S. The first-order valence-corrected chi connectivity index (χ1v) is 9.52. The van der Waals surface area contributed by atoms with Crippen LogP contribution in [0.4, 0.5) is 5.95 Å². The van der Waals surface area contributed by atoms with Crippen molar-refractivity contribution >= 4 is 46.4 Å². The van der Waals surface area contributed by atoms with Crippen molar-refractivity contribution < 1.29 is 9.21 Å². The van der Waals surface area contributed by atoms with Crippen LogP contribution in [0.15, 0.2) is 35.1 Å². The van der Waals surface area contributed by atoms with Gasteiger partial charge in [-0.25, -0.2) is 9.97 Å². The summed E-state index contributed by atoms with van der Waals surface area (Å²) in [6.07, 6.45) is 3.81. The zero-order valence-corrected chi connectivity index (χ0v) is 15.9. The maximum atomic E-state index is 12.9. The molecule has 0 spiro atoms. The molecule has 3 aromatic heterocycles. The second-order valence-corrected chi connectivity index (χ2v) is 7.97. The Kier molecular flexibility index (Phi) is 4.84. The topological polar surface area (TPSA) is 71.3 Å². The van der Waals surface area contributed by atoms with E-state index < -0.39 is 0 Å². The Morgan fingerprint density at radius 1 is 1.42 bits per heavy atom. The Hall–Kier alpha value is -2.09. The lowest BCUT2D eigenvalue weighted by Gasteiger charge is -2.26. The number of hydrogen-bond acceptors (Lipinski definition) is 6. The minimum absolute atomic E-state index is 0.188. The Morgan fingerprint density at radius 3 is 3.12 bits per heavy atom. The van der Waals surface area contributed by atoms with Crippen molar-refractivity contribution in [1.82, 2.24) is 14.9 Å². The number of anilines is 1. The molecule has 0 saturated carbocycles. The minimum Gasteiger partial charge on any atom is -0.467 e. The molecule has 1 aliphatic rings. The van der Waals surface area contributed by atoms with Gasteiger partial charge in [0.2, 0.25) is 5.95 Å². The number of aromatic nitrogens is 2. The van der Waals surface area contributed by atoms with Gasteiger partial charge in [-0.2, -0.15) is 0 Å². The Morgan fingerprint density at radius 2 is 2.31 bits per heavy atom. The Bertz CT molecular complexity index is 942. The van der Waals surface area contributed by atoms with Crippen molar-refractivity contribution in [2.75, 3.05) is 11.9 Å². The van der Waals surface area contributed by atoms with Gasteiger partial charge in [-0.05, 0) is 30.2 Å². The summed E-state index contributed by atoms with van der Waals surface area (Å²) in [5.74, 6) is 0.853. The number of amides is 1. The van der Waals surface area contributed by atoms with Crippen LogP contribution in [0.25, 0.3) is 0 Å². The highest BCUT2D eigenvalue weighted by Crippen LogP contribution is 2.32. The number of carbonyl (C=O) groups excluding carboxylic acids is 1. The molecule has 0 fully saturated rings. The average molecular weight is 409 g/mol. The first kappa shape index (κ1) is 17.3. The van der Waals surface area contributed by atoms with E-state index in [1.807, 2.05) is 12.1 Å². The molecule has 0 radical (unpaired) electrons. The summed E-state index contributed by atoms with van der Waals surface area (Å²) in [4.78, 5) is 24.3. The molecule has 0 unspecified atom stereocenters. The van der Waals surface area contributed by atoms with E-state index in [-0.39, 0.29) is 16.6 Å². The third-order valence-electron chi connectivity index (χ3n) is 4.07. The predicted octanol–water partition coefficient (Wildman–Crippen LogP) is 4.25. The summed E-state index contributed by atoms with van der Waals surface area (Å²) in [7, 11) is 0. The molecular weight excluding hydrogens is 395 g/mol. The molecule has 1 aliphatic heterocycles. The van der Waals surface area contributed by atoms with Crippen LogP contribution in [0.3, 0.4) is 0 Å². The van der Waals surface area contributed by atoms with Crippen LogP contribution in [0.5, 0.6) is 0 Å². The highest BCUT2D eigenvalue weighted by molar-refractivity contribution is 7.16. The van der Waals surface area contributed by atoms with Crippen LogP contribution in [-0.4, -0.2) is 27.3 Å². The van der Waals surface area contributed by atoms with E-state index in [9.17, 15) is 4.79 Å². The lowest BCUT2D eigenvalue weighted by atomic mass is 10.1. The highest BCUT2D eigenvalue weighted by atomic mass is 35.5. The van der Waals surface area contributed by atoms with Gasteiger partial charge >= 0.3 is 0 Å². The van der Waals surface area contributed by atoms with E-state index in [1.54, 1.807) is 28.6 Å². The fourth-order valence-electron chi connectivity index (χ4n) is 2.80. The summed E-state index contributed by atoms with van der Waals surface area (Å²) in [5, 5.41) is 3.26. The molecule has 4 heterocycles. The summed E-state index contributed by atoms with van der Waals surface area (Å²) >= 11 is 13.8. The lowest BCUT2D eigenvalue weighted by molar-refractivity contribution is 0.0730. The van der Waals surface area contributed by atoms with Gasteiger partial charge in [-0.1, -0.05) is 23.2 Å². The maximum absolute atomic E-state index is 12.9. The average Bonchev–Trinajstić information content (AvgIpc) is 3.28. The quantitative estimate of drug-likeness (QED) is 0.698. The van der Waals surface area contributed by atoms with Crippen molar-refractivity contribution in [2.45, 2.75) is 19.5 Å². The molecule has 1 amide bonds. The van der Waals surface area contributed by atoms with Gasteiger partial charge in [0.15, 0.2) is 5.69 Å². The van der Waals surface area contributed by atoms with Crippen LogP contribution in [0.2, 0.25) is 9.36 Å². The largest absolute Gasteiger partial charge is 0.467 e. The molecule has 9 heteroatoms. The summed E-state index contributed by atoms with van der Waals surface area (Å²) in [5.41, 5.74) is 1.27. The molecule has 1 N–H and O–H groups in total. The molecule has 0 bridgehead atoms. The Labute approximate surface area is 163 Å². The highest BCUT2D eigenvalue weighted by Gasteiger charge is 2.26. The van der Waals surface area contributed by atoms with Crippen molar-refractivity contribution in [1.29, 1.82) is 0 Å². The summed E-state index contributed by atoms with van der Waals surface area (Å²) < 4.78 is 6.00. The molecule has 0 aromatic carbocycles. The van der Waals surface area contributed by atoms with Crippen molar-refractivity contribution in [2.24, 2.45) is 0 Å². The van der Waals surface area contributed by atoms with Crippen LogP contribution in [-0.2, 0) is 19.5 Å². The molecule has 134 valence electrons. The molecule has 26 heavy (non-hydrogen) atoms. The number of furan rings is 1. The van der Waals surface area contributed by atoms with E-state index in [4.69, 9.17) is 27.6 Å². The second-order valence-electron chi connectivity index (χ2n) is 5.80. The number of rotatable bonds is 4. The van der Waals surface area contributed by atoms with Crippen LogP contribution in [0.1, 0.15) is 26.7 Å². The summed E-state index contributed by atoms with van der Waals surface area (Å²) in [6, 6.07) is 5.56. The maximum Gasteiger partial charge on any atom is 0.274 e. The SMILES string of the molecule is O=C(c1nc(NCc2ccco2)ncc1Cl)N1CCc2sc(Cl)cc2C1. The minimum atomic E-state index is -0.216. The zero-order chi connectivity index (χ0) is 18.1. The number of fused-ring (bicyclic) bond motifs is 1. The van der Waals surface area contributed by atoms with Gasteiger partial charge in [0.05, 0.1) is 28.4 Å². The van der Waals surface area contributed by atoms with E-state index >= 15 is 0 Å². The molecule has 0 aliphatic carbocycles. The number of thiophene rings is 1. The fourth-order valence-corrected chi connectivity index (χ4v) is 4.27. The monoisotopic (exact) mass is 408 g/mol. The molecule has 0 atom stereocenters. The lowest BCUT2D eigenvalue weighted by Crippen LogP contribution is -2.36. The molecule has 3 aromatic rings. The Balaban J connectivity index is 1.51. The molecule has 4 rings (SSSR count). The van der Waals surface area contributed by atoms with Crippen LogP contribution >= 0.6 is 34.5 Å². The number of nitrogens with one attached hydrogen (secondary N) is 1. The van der Waals surface area contributed by atoms with Crippen molar-refractivity contribution in [3.8, 4) is 0 Å². The molecule has 0 saturated heterocycles. The van der Waals surface area contributed by atoms with E-state index in [0.29, 0.717) is 25.6 Å². The van der Waals surface area contributed by atoms with Gasteiger partial charge in [-0.3, -0.25) is 4.79 Å². The predicted molar refractivity (Wildman–Crippen MR) is 101 cm³/mol. The van der Waals surface area contributed by atoms with Crippen molar-refractivity contribution in [3.63, 3.8) is 0 Å². The standard InChI is InChI=1S/C17H14Cl2N4O2S/c18-12-8-21-17(20-7-11-2-1-5-25-11)22-15(12)16(24)23-4-3-13-10(9-23)6-14(19)26-13/h1-2,5-6,8H,3-4,7,9H2,(H,20,21,22). The zero-order valence-electron chi connectivity index (χ0n) is 13.5. The van der Waals surface area contributed by atoms with E-state index in [0.717, 1.165) is 22.1 Å². The van der Waals surface area contributed by atoms with E-state index in [2.05, 4.69) is 15.3 Å². The normalized spacial score (nSPS) is 13.5. The van der Waals surface area contributed by atoms with E-state index in [1.165, 1.54) is 11.1 Å². The van der Waals surface area contributed by atoms with Crippen LogP contribution in [0, 0.1) is 0 Å². The van der Waals surface area contributed by atoms with Gasteiger partial charge in [-0.15, -0.1) is 11.3 Å². The summed E-state index contributed by atoms with van der Waals surface area (Å²) in [6.45, 7) is 1.54. The third kappa shape index (κ3) is 3.56. The van der Waals surface area contributed by atoms with Crippen molar-refractivity contribution in [3.05, 3.63) is 61.9 Å². The first-order chi connectivity index (χ1) is 12.6. The smallest absolute Gasteiger partial charge is 0.274 e. The number of halogens is 2. The third-order valence-corrected chi connectivity index (χ3v) is 5.71. The second kappa shape index (κ2) is 7.26. The molecule has 6 nitrogen and oxygen atoms in total. The number of carbonyl (C=O) groups is 1. The van der Waals surface area contributed by atoms with Gasteiger partial charge in [0.25, 0.3) is 5.91 Å². The first-order valence-electron chi connectivity index (χ1n) is 7.95.